The molecule has 2 N–H and O–H groups in total. The molecule has 180 valence electrons. The highest BCUT2D eigenvalue weighted by atomic mass is 16.0. The summed E-state index contributed by atoms with van der Waals surface area (Å²) in [6.45, 7) is 13.5. The van der Waals surface area contributed by atoms with Crippen LogP contribution in [0, 0.1) is 29.6 Å². The van der Waals surface area contributed by atoms with E-state index in [9.17, 15) is 0 Å². The lowest BCUT2D eigenvalue weighted by atomic mass is 9.75. The minimum absolute atomic E-state index is 0. The van der Waals surface area contributed by atoms with Crippen molar-refractivity contribution < 1.29 is 5.48 Å². The molecule has 0 aliphatic heterocycles. The van der Waals surface area contributed by atoms with Crippen molar-refractivity contribution in [2.75, 3.05) is 0 Å². The SMILES string of the molecule is C=C(C(CCCC)CCCCC1CCC(C2=CC=C2)CC1)C1CC1.CCCC(C)C.O. The average Bonchev–Trinajstić information content (AvgIpc) is 3.52. The normalized spacial score (nSPS) is 23.2. The molecule has 0 spiro atoms. The van der Waals surface area contributed by atoms with E-state index in [-0.39, 0.29) is 5.48 Å². The Labute approximate surface area is 195 Å². The van der Waals surface area contributed by atoms with Gasteiger partial charge in [-0.05, 0) is 86.5 Å². The van der Waals surface area contributed by atoms with Crippen molar-refractivity contribution >= 4 is 0 Å². The topological polar surface area (TPSA) is 31.5 Å². The van der Waals surface area contributed by atoms with E-state index < -0.39 is 0 Å². The van der Waals surface area contributed by atoms with Gasteiger partial charge in [0.2, 0.25) is 0 Å². The van der Waals surface area contributed by atoms with Gasteiger partial charge < -0.3 is 5.48 Å². The number of hydrogen-bond donors (Lipinski definition) is 0. The van der Waals surface area contributed by atoms with E-state index in [0.717, 1.165) is 29.6 Å². The number of allylic oxidation sites excluding steroid dienone is 5. The third-order valence-electron chi connectivity index (χ3n) is 7.71. The van der Waals surface area contributed by atoms with Gasteiger partial charge in [-0.15, -0.1) is 0 Å². The summed E-state index contributed by atoms with van der Waals surface area (Å²) >= 11 is 0. The predicted molar refractivity (Wildman–Crippen MR) is 139 cm³/mol. The van der Waals surface area contributed by atoms with Crippen LogP contribution in [0.4, 0.5) is 0 Å². The molecule has 3 aliphatic carbocycles. The minimum Gasteiger partial charge on any atom is -0.412 e. The van der Waals surface area contributed by atoms with Crippen LogP contribution in [0.3, 0.4) is 0 Å². The smallest absolute Gasteiger partial charge is 0.0162 e. The fraction of sp³-hybridized carbons (Fsp3) is 0.800. The van der Waals surface area contributed by atoms with Crippen LogP contribution < -0.4 is 0 Å². The van der Waals surface area contributed by atoms with Crippen molar-refractivity contribution in [2.45, 2.75) is 124 Å². The standard InChI is InChI=1S/C24H38.C6H14.H2O/c1-3-4-9-21(19(2)22-17-18-22)10-6-5-8-20-13-15-24(16-14-20)23-11-7-12-23;1-4-5-6(2)3;/h7,11-12,20-22,24H,2-6,8-10,13-18H2,1H3;6H,4-5H2,1-3H3;1H2. The Bertz CT molecular complexity index is 529. The fourth-order valence-electron chi connectivity index (χ4n) is 5.42. The maximum absolute atomic E-state index is 4.47. The second kappa shape index (κ2) is 15.9. The first-order chi connectivity index (χ1) is 14.5. The Morgan fingerprint density at radius 2 is 1.55 bits per heavy atom. The Balaban J connectivity index is 0.000000607. The molecule has 1 unspecified atom stereocenters. The summed E-state index contributed by atoms with van der Waals surface area (Å²) < 4.78 is 0. The zero-order chi connectivity index (χ0) is 21.8. The van der Waals surface area contributed by atoms with E-state index in [1.165, 1.54) is 96.3 Å². The predicted octanol–water partition coefficient (Wildman–Crippen LogP) is 9.24. The third kappa shape index (κ3) is 11.0. The number of hydrogen-bond acceptors (Lipinski definition) is 0. The second-order valence-electron chi connectivity index (χ2n) is 10.9. The van der Waals surface area contributed by atoms with Crippen LogP contribution >= 0.6 is 0 Å². The minimum atomic E-state index is 0. The van der Waals surface area contributed by atoms with Gasteiger partial charge in [-0.1, -0.05) is 103 Å². The van der Waals surface area contributed by atoms with E-state index in [1.54, 1.807) is 11.1 Å². The molecule has 0 saturated heterocycles. The summed E-state index contributed by atoms with van der Waals surface area (Å²) in [7, 11) is 0. The van der Waals surface area contributed by atoms with E-state index in [2.05, 4.69) is 52.5 Å². The van der Waals surface area contributed by atoms with Gasteiger partial charge in [-0.2, -0.15) is 0 Å². The molecular formula is C30H54O. The first-order valence-electron chi connectivity index (χ1n) is 13.6. The van der Waals surface area contributed by atoms with Crippen molar-refractivity contribution in [3.63, 3.8) is 0 Å². The molecule has 2 saturated carbocycles. The second-order valence-corrected chi connectivity index (χ2v) is 10.9. The molecule has 3 rings (SSSR count). The lowest BCUT2D eigenvalue weighted by Crippen LogP contribution is -2.17. The van der Waals surface area contributed by atoms with Gasteiger partial charge in [0.05, 0.1) is 0 Å². The highest BCUT2D eigenvalue weighted by Crippen LogP contribution is 2.42. The Hall–Kier alpha value is -0.820. The van der Waals surface area contributed by atoms with Crippen LogP contribution in [-0.4, -0.2) is 5.48 Å². The van der Waals surface area contributed by atoms with Crippen LogP contribution in [0.15, 0.2) is 36.0 Å². The Kier molecular flexibility index (Phi) is 14.5. The third-order valence-corrected chi connectivity index (χ3v) is 7.71. The summed E-state index contributed by atoms with van der Waals surface area (Å²) in [5, 5.41) is 0. The summed E-state index contributed by atoms with van der Waals surface area (Å²) in [6.07, 6.45) is 28.2. The maximum atomic E-state index is 4.47. The molecule has 0 bridgehead atoms. The largest absolute Gasteiger partial charge is 0.412 e. The summed E-state index contributed by atoms with van der Waals surface area (Å²) in [6, 6.07) is 0. The van der Waals surface area contributed by atoms with Crippen LogP contribution in [0.2, 0.25) is 0 Å². The molecule has 1 heteroatoms. The van der Waals surface area contributed by atoms with Crippen LogP contribution in [-0.2, 0) is 0 Å². The molecule has 0 aromatic rings. The van der Waals surface area contributed by atoms with Gasteiger partial charge in [-0.3, -0.25) is 0 Å². The zero-order valence-electron chi connectivity index (χ0n) is 21.4. The van der Waals surface area contributed by atoms with Gasteiger partial charge in [0.1, 0.15) is 0 Å². The fourth-order valence-corrected chi connectivity index (χ4v) is 5.42. The van der Waals surface area contributed by atoms with Crippen LogP contribution in [0.5, 0.6) is 0 Å². The lowest BCUT2D eigenvalue weighted by Gasteiger charge is -2.30. The van der Waals surface area contributed by atoms with Crippen molar-refractivity contribution in [3.05, 3.63) is 36.0 Å². The maximum Gasteiger partial charge on any atom is -0.0162 e. The molecule has 0 aromatic carbocycles. The molecule has 0 heterocycles. The van der Waals surface area contributed by atoms with Crippen molar-refractivity contribution in [1.82, 2.24) is 0 Å². The van der Waals surface area contributed by atoms with Gasteiger partial charge >= 0.3 is 0 Å². The quantitative estimate of drug-likeness (QED) is 0.206. The van der Waals surface area contributed by atoms with Crippen molar-refractivity contribution in [2.24, 2.45) is 29.6 Å². The molecule has 1 nitrogen and oxygen atoms in total. The zero-order valence-corrected chi connectivity index (χ0v) is 21.4. The Morgan fingerprint density at radius 1 is 0.903 bits per heavy atom. The first-order valence-corrected chi connectivity index (χ1v) is 13.6. The van der Waals surface area contributed by atoms with Gasteiger partial charge in [-0.25, -0.2) is 0 Å². The first kappa shape index (κ1) is 28.2. The van der Waals surface area contributed by atoms with E-state index in [0.29, 0.717) is 0 Å². The number of unbranched alkanes of at least 4 members (excludes halogenated alkanes) is 2. The molecule has 31 heavy (non-hydrogen) atoms. The van der Waals surface area contributed by atoms with Crippen LogP contribution in [0.1, 0.15) is 124 Å². The van der Waals surface area contributed by atoms with E-state index >= 15 is 0 Å². The molecule has 2 fully saturated rings. The van der Waals surface area contributed by atoms with E-state index in [1.807, 2.05) is 0 Å². The van der Waals surface area contributed by atoms with Gasteiger partial charge in [0.15, 0.2) is 0 Å². The molecule has 0 radical (unpaired) electrons. The lowest BCUT2D eigenvalue weighted by molar-refractivity contribution is 0.281. The monoisotopic (exact) mass is 430 g/mol. The summed E-state index contributed by atoms with van der Waals surface area (Å²) in [5.41, 5.74) is 3.25. The van der Waals surface area contributed by atoms with Crippen molar-refractivity contribution in [1.29, 1.82) is 0 Å². The molecule has 0 aromatic heterocycles. The van der Waals surface area contributed by atoms with E-state index in [4.69, 9.17) is 0 Å². The summed E-state index contributed by atoms with van der Waals surface area (Å²) in [4.78, 5) is 0. The number of rotatable bonds is 13. The molecule has 1 atom stereocenters. The Morgan fingerprint density at radius 3 is 2.00 bits per heavy atom. The molecule has 3 aliphatic rings. The van der Waals surface area contributed by atoms with Gasteiger partial charge in [0.25, 0.3) is 0 Å². The highest BCUT2D eigenvalue weighted by Gasteiger charge is 2.29. The summed E-state index contributed by atoms with van der Waals surface area (Å²) in [5.74, 6) is 4.55. The van der Waals surface area contributed by atoms with Gasteiger partial charge in [0, 0.05) is 0 Å². The molecule has 0 amide bonds. The highest BCUT2D eigenvalue weighted by molar-refractivity contribution is 5.37. The molecular weight excluding hydrogens is 376 g/mol. The average molecular weight is 431 g/mol. The van der Waals surface area contributed by atoms with Crippen molar-refractivity contribution in [3.8, 4) is 0 Å². The van der Waals surface area contributed by atoms with Crippen LogP contribution in [0.25, 0.3) is 0 Å².